The second-order valence-electron chi connectivity index (χ2n) is 7.81. The molecule has 2 aliphatic heterocycles. The minimum atomic E-state index is -1.04. The summed E-state index contributed by atoms with van der Waals surface area (Å²) in [5.41, 5.74) is 1.61. The van der Waals surface area contributed by atoms with E-state index < -0.39 is 35.7 Å². The van der Waals surface area contributed by atoms with Gasteiger partial charge in [0.25, 0.3) is 5.91 Å². The highest BCUT2D eigenvalue weighted by Gasteiger charge is 2.60. The van der Waals surface area contributed by atoms with E-state index in [1.807, 2.05) is 30.3 Å². The first-order valence-electron chi connectivity index (χ1n) is 10.6. The molecule has 5 rings (SSSR count). The van der Waals surface area contributed by atoms with Crippen LogP contribution in [0.25, 0.3) is 0 Å². The topological polar surface area (TPSA) is 79.3 Å². The molecule has 8 heteroatoms. The molecule has 3 aromatic rings. The van der Waals surface area contributed by atoms with Crippen molar-refractivity contribution in [2.45, 2.75) is 19.1 Å². The number of anilines is 2. The van der Waals surface area contributed by atoms with Crippen LogP contribution in [0, 0.1) is 11.7 Å². The molecule has 7 nitrogen and oxygen atoms in total. The number of hydroxylamine groups is 1. The van der Waals surface area contributed by atoms with E-state index in [4.69, 9.17) is 9.57 Å². The van der Waals surface area contributed by atoms with Gasteiger partial charge in [-0.15, -0.1) is 0 Å². The summed E-state index contributed by atoms with van der Waals surface area (Å²) in [4.78, 5) is 33.9. The number of carbonyl (C=O) groups excluding carboxylic acids is 2. The highest BCUT2D eigenvalue weighted by atomic mass is 19.1. The first kappa shape index (κ1) is 21.0. The van der Waals surface area contributed by atoms with Crippen molar-refractivity contribution >= 4 is 23.2 Å². The van der Waals surface area contributed by atoms with Crippen molar-refractivity contribution in [3.63, 3.8) is 0 Å². The monoisotopic (exact) mass is 448 g/mol. The van der Waals surface area contributed by atoms with Crippen LogP contribution in [0.4, 0.5) is 15.8 Å². The van der Waals surface area contributed by atoms with E-state index in [0.29, 0.717) is 17.9 Å². The van der Waals surface area contributed by atoms with E-state index in [0.717, 1.165) is 4.90 Å². The Hall–Kier alpha value is -3.91. The number of hydrogen-bond acceptors (Lipinski definition) is 6. The van der Waals surface area contributed by atoms with Crippen LogP contribution in [0.3, 0.4) is 0 Å². The number of carbonyl (C=O) groups is 2. The zero-order chi connectivity index (χ0) is 23.1. The number of aromatic hydroxyl groups is 1. The van der Waals surface area contributed by atoms with Crippen LogP contribution >= 0.6 is 0 Å². The van der Waals surface area contributed by atoms with Crippen molar-refractivity contribution < 1.29 is 28.7 Å². The lowest BCUT2D eigenvalue weighted by Gasteiger charge is -2.29. The molecule has 0 saturated carbocycles. The largest absolute Gasteiger partial charge is 0.504 e. The van der Waals surface area contributed by atoms with Gasteiger partial charge in [0.1, 0.15) is 11.7 Å². The summed E-state index contributed by atoms with van der Waals surface area (Å²) in [5, 5.41) is 11.7. The van der Waals surface area contributed by atoms with E-state index in [-0.39, 0.29) is 17.2 Å². The fraction of sp³-hybridized carbons (Fsp3) is 0.200. The van der Waals surface area contributed by atoms with Gasteiger partial charge >= 0.3 is 0 Å². The van der Waals surface area contributed by atoms with Crippen molar-refractivity contribution in [2.75, 3.05) is 16.6 Å². The van der Waals surface area contributed by atoms with Gasteiger partial charge in [-0.2, -0.15) is 0 Å². The van der Waals surface area contributed by atoms with Crippen LogP contribution in [0.5, 0.6) is 11.5 Å². The maximum atomic E-state index is 13.5. The zero-order valence-corrected chi connectivity index (χ0v) is 17.7. The van der Waals surface area contributed by atoms with Crippen LogP contribution in [0.2, 0.25) is 0 Å². The summed E-state index contributed by atoms with van der Waals surface area (Å²) in [5.74, 6) is -2.01. The normalized spacial score (nSPS) is 22.1. The molecule has 168 valence electrons. The van der Waals surface area contributed by atoms with Crippen LogP contribution in [-0.2, 0) is 14.4 Å². The Labute approximate surface area is 189 Å². The lowest BCUT2D eigenvalue weighted by molar-refractivity contribution is -0.126. The maximum absolute atomic E-state index is 13.5. The van der Waals surface area contributed by atoms with Gasteiger partial charge in [0.15, 0.2) is 17.6 Å². The zero-order valence-electron chi connectivity index (χ0n) is 17.7. The molecule has 0 spiro atoms. The van der Waals surface area contributed by atoms with Crippen LogP contribution < -0.4 is 14.7 Å². The Kier molecular flexibility index (Phi) is 5.22. The molecule has 2 fully saturated rings. The van der Waals surface area contributed by atoms with E-state index in [9.17, 15) is 19.1 Å². The molecule has 2 amide bonds. The number of hydrogen-bond donors (Lipinski definition) is 1. The van der Waals surface area contributed by atoms with Crippen molar-refractivity contribution in [2.24, 2.45) is 5.92 Å². The van der Waals surface area contributed by atoms with Crippen LogP contribution in [0.1, 0.15) is 18.5 Å². The molecule has 1 N–H and O–H groups in total. The summed E-state index contributed by atoms with van der Waals surface area (Å²) in [7, 11) is 0. The van der Waals surface area contributed by atoms with E-state index in [1.54, 1.807) is 24.1 Å². The average molecular weight is 448 g/mol. The molecule has 33 heavy (non-hydrogen) atoms. The number of amides is 2. The van der Waals surface area contributed by atoms with Crippen LogP contribution in [0.15, 0.2) is 72.8 Å². The smallest absolute Gasteiger partial charge is 0.266 e. The Morgan fingerprint density at radius 2 is 1.70 bits per heavy atom. The van der Waals surface area contributed by atoms with Crippen molar-refractivity contribution in [3.8, 4) is 11.5 Å². The number of fused-ring (bicyclic) bond motifs is 1. The van der Waals surface area contributed by atoms with Gasteiger partial charge < -0.3 is 9.84 Å². The highest BCUT2D eigenvalue weighted by Crippen LogP contribution is 2.48. The third-order valence-corrected chi connectivity index (χ3v) is 5.84. The predicted octanol–water partition coefficient (Wildman–Crippen LogP) is 3.98. The van der Waals surface area contributed by atoms with Gasteiger partial charge in [0.2, 0.25) is 5.91 Å². The summed E-state index contributed by atoms with van der Waals surface area (Å²) in [6.07, 6.45) is -1.04. The first-order valence-corrected chi connectivity index (χ1v) is 10.6. The number of para-hydroxylation sites is 1. The van der Waals surface area contributed by atoms with Gasteiger partial charge in [0, 0.05) is 0 Å². The van der Waals surface area contributed by atoms with Gasteiger partial charge in [-0.1, -0.05) is 24.3 Å². The highest BCUT2D eigenvalue weighted by molar-refractivity contribution is 6.23. The lowest BCUT2D eigenvalue weighted by atomic mass is 9.90. The number of nitrogens with zero attached hydrogens (tertiary/aromatic N) is 2. The molecule has 0 aromatic heterocycles. The van der Waals surface area contributed by atoms with Crippen molar-refractivity contribution in [3.05, 3.63) is 84.2 Å². The van der Waals surface area contributed by atoms with Gasteiger partial charge in [0.05, 0.1) is 24.0 Å². The fourth-order valence-corrected chi connectivity index (χ4v) is 4.38. The summed E-state index contributed by atoms with van der Waals surface area (Å²) in [6, 6.07) is 18.5. The molecule has 2 heterocycles. The minimum Gasteiger partial charge on any atom is -0.504 e. The van der Waals surface area contributed by atoms with E-state index in [1.165, 1.54) is 30.3 Å². The Morgan fingerprint density at radius 3 is 2.39 bits per heavy atom. The number of phenolic OH excluding ortho intramolecular Hbond substituents is 1. The van der Waals surface area contributed by atoms with Crippen molar-refractivity contribution in [1.29, 1.82) is 0 Å². The molecule has 0 aliphatic carbocycles. The average Bonchev–Trinajstić information content (AvgIpc) is 3.33. The molecule has 2 aliphatic rings. The van der Waals surface area contributed by atoms with Gasteiger partial charge in [-0.05, 0) is 61.0 Å². The summed E-state index contributed by atoms with van der Waals surface area (Å²) in [6.45, 7) is 2.15. The third-order valence-electron chi connectivity index (χ3n) is 5.84. The Balaban J connectivity index is 1.59. The number of imide groups is 1. The minimum absolute atomic E-state index is 0.0240. The second kappa shape index (κ2) is 8.22. The quantitative estimate of drug-likeness (QED) is 0.595. The number of benzene rings is 3. The molecule has 3 aromatic carbocycles. The molecule has 0 bridgehead atoms. The summed E-state index contributed by atoms with van der Waals surface area (Å²) < 4.78 is 18.9. The Morgan fingerprint density at radius 1 is 0.970 bits per heavy atom. The molecule has 0 unspecified atom stereocenters. The van der Waals surface area contributed by atoms with Gasteiger partial charge in [-0.3, -0.25) is 14.4 Å². The Bertz CT molecular complexity index is 1200. The number of rotatable bonds is 5. The number of phenols is 1. The molecular weight excluding hydrogens is 427 g/mol. The molecule has 3 atom stereocenters. The van der Waals surface area contributed by atoms with Crippen molar-refractivity contribution in [1.82, 2.24) is 0 Å². The maximum Gasteiger partial charge on any atom is 0.266 e. The standard InChI is InChI=1S/C25H21FN2O5/c1-2-32-20-14-15(8-13-19(20)29)22-21-23(33-28(22)18-6-4-3-5-7-18)25(31)27(24(21)30)17-11-9-16(26)10-12-17/h3-14,21-23,29H,2H2,1H3/t21-,22+,23-/m1/s1. The SMILES string of the molecule is CCOc1cc([C@H]2[C@H]3C(=O)N(c4ccc(F)cc4)C(=O)[C@@H]3ON2c2ccccc2)ccc1O. The molecule has 2 saturated heterocycles. The van der Waals surface area contributed by atoms with E-state index in [2.05, 4.69) is 0 Å². The summed E-state index contributed by atoms with van der Waals surface area (Å²) >= 11 is 0. The molecule has 0 radical (unpaired) electrons. The first-order chi connectivity index (χ1) is 16.0. The molecular formula is C25H21FN2O5. The fourth-order valence-electron chi connectivity index (χ4n) is 4.38. The van der Waals surface area contributed by atoms with Gasteiger partial charge in [-0.25, -0.2) is 14.4 Å². The number of halogens is 1. The lowest BCUT2D eigenvalue weighted by Crippen LogP contribution is -2.37. The third kappa shape index (κ3) is 3.48. The second-order valence-corrected chi connectivity index (χ2v) is 7.81. The predicted molar refractivity (Wildman–Crippen MR) is 118 cm³/mol. The van der Waals surface area contributed by atoms with Crippen LogP contribution in [-0.4, -0.2) is 29.6 Å². The number of ether oxygens (including phenoxy) is 1. The van der Waals surface area contributed by atoms with E-state index >= 15 is 0 Å².